The SMILES string of the molecule is O=C1NC(=Nc2ccc(Cl)c(Cl)c2)S/C1=C/c1ccc(-c2cccc([N+](=O)[O-])c2)o1. The molecule has 1 aromatic heterocycles. The maximum absolute atomic E-state index is 12.3. The molecule has 7 nitrogen and oxygen atoms in total. The fourth-order valence-corrected chi connectivity index (χ4v) is 3.75. The third-order valence-electron chi connectivity index (χ3n) is 4.03. The highest BCUT2D eigenvalue weighted by molar-refractivity contribution is 8.18. The van der Waals surface area contributed by atoms with Crippen LogP contribution in [0.1, 0.15) is 5.76 Å². The number of hydrogen-bond acceptors (Lipinski definition) is 6. The van der Waals surface area contributed by atoms with Crippen LogP contribution < -0.4 is 5.32 Å². The molecule has 2 aromatic carbocycles. The molecule has 30 heavy (non-hydrogen) atoms. The molecule has 1 aliphatic rings. The second-order valence-corrected chi connectivity index (χ2v) is 7.93. The molecule has 1 saturated heterocycles. The summed E-state index contributed by atoms with van der Waals surface area (Å²) in [7, 11) is 0. The molecular weight excluding hydrogens is 449 g/mol. The van der Waals surface area contributed by atoms with Crippen molar-refractivity contribution in [2.45, 2.75) is 0 Å². The first-order valence-electron chi connectivity index (χ1n) is 8.48. The van der Waals surface area contributed by atoms with Gasteiger partial charge in [-0.2, -0.15) is 0 Å². The average molecular weight is 460 g/mol. The Balaban J connectivity index is 1.55. The molecular formula is C20H11Cl2N3O4S. The van der Waals surface area contributed by atoms with E-state index in [-0.39, 0.29) is 11.6 Å². The van der Waals surface area contributed by atoms with Crippen molar-refractivity contribution in [2.24, 2.45) is 4.99 Å². The Morgan fingerprint density at radius 3 is 2.70 bits per heavy atom. The van der Waals surface area contributed by atoms with E-state index in [1.807, 2.05) is 0 Å². The molecule has 1 amide bonds. The number of halogens is 2. The molecule has 1 fully saturated rings. The molecule has 1 aliphatic heterocycles. The summed E-state index contributed by atoms with van der Waals surface area (Å²) < 4.78 is 5.73. The molecule has 0 unspecified atom stereocenters. The van der Waals surface area contributed by atoms with Gasteiger partial charge in [0, 0.05) is 23.8 Å². The van der Waals surface area contributed by atoms with E-state index in [1.54, 1.807) is 48.5 Å². The third-order valence-corrected chi connectivity index (χ3v) is 5.68. The Morgan fingerprint density at radius 2 is 1.93 bits per heavy atom. The molecule has 0 aliphatic carbocycles. The number of furan rings is 1. The monoisotopic (exact) mass is 459 g/mol. The van der Waals surface area contributed by atoms with Crippen LogP contribution in [0, 0.1) is 10.1 Å². The molecule has 0 atom stereocenters. The lowest BCUT2D eigenvalue weighted by Gasteiger charge is -1.98. The van der Waals surface area contributed by atoms with Crippen LogP contribution in [0.2, 0.25) is 10.0 Å². The van der Waals surface area contributed by atoms with Crippen LogP contribution in [0.25, 0.3) is 17.4 Å². The molecule has 0 spiro atoms. The normalized spacial score (nSPS) is 16.3. The maximum Gasteiger partial charge on any atom is 0.270 e. The van der Waals surface area contributed by atoms with Crippen LogP contribution >= 0.6 is 35.0 Å². The van der Waals surface area contributed by atoms with Crippen molar-refractivity contribution in [1.29, 1.82) is 0 Å². The highest BCUT2D eigenvalue weighted by atomic mass is 35.5. The van der Waals surface area contributed by atoms with Gasteiger partial charge in [0.1, 0.15) is 11.5 Å². The summed E-state index contributed by atoms with van der Waals surface area (Å²) in [5.41, 5.74) is 1.09. The predicted molar refractivity (Wildman–Crippen MR) is 118 cm³/mol. The molecule has 4 rings (SSSR count). The van der Waals surface area contributed by atoms with E-state index < -0.39 is 4.92 Å². The van der Waals surface area contributed by atoms with Gasteiger partial charge in [0.2, 0.25) is 0 Å². The van der Waals surface area contributed by atoms with Crippen molar-refractivity contribution < 1.29 is 14.1 Å². The number of nitro benzene ring substituents is 1. The van der Waals surface area contributed by atoms with E-state index in [0.717, 1.165) is 11.8 Å². The number of benzene rings is 2. The van der Waals surface area contributed by atoms with E-state index in [4.69, 9.17) is 27.6 Å². The van der Waals surface area contributed by atoms with Gasteiger partial charge in [-0.15, -0.1) is 0 Å². The Morgan fingerprint density at radius 1 is 1.10 bits per heavy atom. The van der Waals surface area contributed by atoms with Crippen molar-refractivity contribution in [2.75, 3.05) is 0 Å². The maximum atomic E-state index is 12.3. The van der Waals surface area contributed by atoms with Crippen LogP contribution in [0.4, 0.5) is 11.4 Å². The van der Waals surface area contributed by atoms with Crippen molar-refractivity contribution in [3.63, 3.8) is 0 Å². The first-order chi connectivity index (χ1) is 14.4. The second kappa shape index (κ2) is 8.35. The topological polar surface area (TPSA) is 97.7 Å². The van der Waals surface area contributed by atoms with Gasteiger partial charge >= 0.3 is 0 Å². The molecule has 150 valence electrons. The zero-order valence-corrected chi connectivity index (χ0v) is 17.3. The van der Waals surface area contributed by atoms with Gasteiger partial charge in [-0.25, -0.2) is 4.99 Å². The standard InChI is InChI=1S/C20H11Cl2N3O4S/c21-15-6-4-12(9-16(15)22)23-20-24-19(26)18(30-20)10-14-5-7-17(29-14)11-2-1-3-13(8-11)25(27)28/h1-10H,(H,23,24,26)/b18-10+. The highest BCUT2D eigenvalue weighted by Crippen LogP contribution is 2.32. The molecule has 10 heteroatoms. The molecule has 3 aromatic rings. The minimum atomic E-state index is -0.469. The van der Waals surface area contributed by atoms with E-state index in [0.29, 0.717) is 42.9 Å². The molecule has 0 saturated carbocycles. The van der Waals surface area contributed by atoms with Crippen molar-refractivity contribution in [3.05, 3.63) is 85.4 Å². The quantitative estimate of drug-likeness (QED) is 0.290. The average Bonchev–Trinajstić information content (AvgIpc) is 3.32. The minimum absolute atomic E-state index is 0.0299. The number of rotatable bonds is 4. The number of carbonyl (C=O) groups excluding carboxylic acids is 1. The Bertz CT molecular complexity index is 1240. The summed E-state index contributed by atoms with van der Waals surface area (Å²) >= 11 is 13.0. The highest BCUT2D eigenvalue weighted by Gasteiger charge is 2.24. The molecule has 2 heterocycles. The van der Waals surface area contributed by atoms with Gasteiger partial charge in [0.25, 0.3) is 11.6 Å². The summed E-state index contributed by atoms with van der Waals surface area (Å²) in [6, 6.07) is 14.4. The summed E-state index contributed by atoms with van der Waals surface area (Å²) in [5.74, 6) is 0.579. The number of aliphatic imine (C=N–C) groups is 1. The lowest BCUT2D eigenvalue weighted by atomic mass is 10.1. The van der Waals surface area contributed by atoms with Crippen LogP contribution in [0.3, 0.4) is 0 Å². The van der Waals surface area contributed by atoms with Crippen molar-refractivity contribution >= 4 is 63.5 Å². The number of nitro groups is 1. The van der Waals surface area contributed by atoms with Gasteiger partial charge in [0.15, 0.2) is 5.17 Å². The van der Waals surface area contributed by atoms with Gasteiger partial charge < -0.3 is 9.73 Å². The van der Waals surface area contributed by atoms with Gasteiger partial charge in [0.05, 0.1) is 25.6 Å². The largest absolute Gasteiger partial charge is 0.457 e. The van der Waals surface area contributed by atoms with Crippen LogP contribution in [0.15, 0.2) is 68.9 Å². The van der Waals surface area contributed by atoms with Crippen LogP contribution in [0.5, 0.6) is 0 Å². The molecule has 1 N–H and O–H groups in total. The van der Waals surface area contributed by atoms with Gasteiger partial charge in [-0.3, -0.25) is 14.9 Å². The van der Waals surface area contributed by atoms with E-state index >= 15 is 0 Å². The number of nitrogens with one attached hydrogen (secondary N) is 1. The van der Waals surface area contributed by atoms with E-state index in [1.165, 1.54) is 12.1 Å². The number of non-ortho nitro benzene ring substituents is 1. The van der Waals surface area contributed by atoms with Crippen LogP contribution in [-0.2, 0) is 4.79 Å². The van der Waals surface area contributed by atoms with E-state index in [9.17, 15) is 14.9 Å². The Hall–Kier alpha value is -3.07. The zero-order valence-electron chi connectivity index (χ0n) is 15.0. The van der Waals surface area contributed by atoms with Crippen molar-refractivity contribution in [3.8, 4) is 11.3 Å². The number of amides is 1. The fraction of sp³-hybridized carbons (Fsp3) is 0. The van der Waals surface area contributed by atoms with Crippen LogP contribution in [-0.4, -0.2) is 16.0 Å². The number of amidine groups is 1. The smallest absolute Gasteiger partial charge is 0.270 e. The van der Waals surface area contributed by atoms with Gasteiger partial charge in [-0.05, 0) is 42.1 Å². The number of nitrogens with zero attached hydrogens (tertiary/aromatic N) is 2. The summed E-state index contributed by atoms with van der Waals surface area (Å²) in [5, 5.41) is 14.8. The number of carbonyl (C=O) groups is 1. The lowest BCUT2D eigenvalue weighted by Crippen LogP contribution is -2.19. The predicted octanol–water partition coefficient (Wildman–Crippen LogP) is 6.05. The van der Waals surface area contributed by atoms with Crippen molar-refractivity contribution in [1.82, 2.24) is 5.32 Å². The summed E-state index contributed by atoms with van der Waals surface area (Å²) in [4.78, 5) is 27.5. The number of hydrogen-bond donors (Lipinski definition) is 1. The second-order valence-electron chi connectivity index (χ2n) is 6.09. The lowest BCUT2D eigenvalue weighted by molar-refractivity contribution is -0.384. The summed E-state index contributed by atoms with van der Waals surface area (Å²) in [6.07, 6.45) is 1.58. The first-order valence-corrected chi connectivity index (χ1v) is 10.1. The minimum Gasteiger partial charge on any atom is -0.457 e. The van der Waals surface area contributed by atoms with E-state index in [2.05, 4.69) is 10.3 Å². The third kappa shape index (κ3) is 4.40. The zero-order chi connectivity index (χ0) is 21.3. The number of thioether (sulfide) groups is 1. The Kier molecular flexibility index (Phi) is 5.63. The molecule has 0 bridgehead atoms. The summed E-state index contributed by atoms with van der Waals surface area (Å²) in [6.45, 7) is 0. The fourth-order valence-electron chi connectivity index (χ4n) is 2.64. The van der Waals surface area contributed by atoms with Gasteiger partial charge in [-0.1, -0.05) is 35.3 Å². The molecule has 0 radical (unpaired) electrons. The first kappa shape index (κ1) is 20.2. The Labute approximate surface area is 184 Å².